The van der Waals surface area contributed by atoms with Gasteiger partial charge in [-0.05, 0) is 76.6 Å². The Balaban J connectivity index is 1.34. The maximum absolute atomic E-state index is 13.7. The number of nitrogens with zero attached hydrogens (tertiary/aromatic N) is 4. The number of ketones is 1. The molecule has 5 rings (SSSR count). The van der Waals surface area contributed by atoms with E-state index in [0.717, 1.165) is 36.1 Å². The van der Waals surface area contributed by atoms with Crippen molar-refractivity contribution < 1.29 is 19.5 Å². The molecule has 0 atom stereocenters. The van der Waals surface area contributed by atoms with Crippen LogP contribution in [0.5, 0.6) is 0 Å². The van der Waals surface area contributed by atoms with Crippen molar-refractivity contribution in [2.75, 3.05) is 18.4 Å². The Morgan fingerprint density at radius 3 is 2.31 bits per heavy atom. The maximum atomic E-state index is 13.7. The minimum absolute atomic E-state index is 0.0625. The van der Waals surface area contributed by atoms with Crippen molar-refractivity contribution in [1.82, 2.24) is 19.7 Å². The Labute approximate surface area is 228 Å². The van der Waals surface area contributed by atoms with Crippen LogP contribution in [0.25, 0.3) is 11.3 Å². The molecule has 2 N–H and O–H groups in total. The fourth-order valence-electron chi connectivity index (χ4n) is 5.78. The van der Waals surface area contributed by atoms with Crippen molar-refractivity contribution in [3.8, 4) is 11.3 Å². The summed E-state index contributed by atoms with van der Waals surface area (Å²) in [6.45, 7) is 9.22. The average molecular weight is 530 g/mol. The molecule has 0 saturated carbocycles. The number of benzene rings is 1. The van der Waals surface area contributed by atoms with Crippen LogP contribution in [0.1, 0.15) is 89.8 Å². The lowest BCUT2D eigenvalue weighted by atomic mass is 9.67. The molecule has 39 heavy (non-hydrogen) atoms. The van der Waals surface area contributed by atoms with E-state index in [0.29, 0.717) is 36.6 Å². The van der Waals surface area contributed by atoms with Crippen LogP contribution in [0.3, 0.4) is 0 Å². The molecule has 204 valence electrons. The second-order valence-electron chi connectivity index (χ2n) is 11.4. The van der Waals surface area contributed by atoms with Crippen LogP contribution in [-0.4, -0.2) is 61.6 Å². The largest absolute Gasteiger partial charge is 0.478 e. The third-order valence-corrected chi connectivity index (χ3v) is 7.82. The molecule has 1 spiro atoms. The Hall–Kier alpha value is -4.01. The zero-order valence-electron chi connectivity index (χ0n) is 22.9. The van der Waals surface area contributed by atoms with Gasteiger partial charge in [-0.3, -0.25) is 14.3 Å². The summed E-state index contributed by atoms with van der Waals surface area (Å²) in [7, 11) is 0. The number of carboxylic acid groups (broad SMARTS) is 1. The van der Waals surface area contributed by atoms with Crippen molar-refractivity contribution in [2.45, 2.75) is 65.5 Å². The molecule has 2 aliphatic rings. The zero-order chi connectivity index (χ0) is 27.9. The summed E-state index contributed by atoms with van der Waals surface area (Å²) in [6.07, 6.45) is 4.70. The SMILES string of the molecule is CC(C)Nc1nc(-c2ccc(C(=O)O)cc2)ccc1C(=O)N1CCC2(CC1)CC(=O)c1c(cnn1C(C)C)C2. The number of Topliss-reactive ketones (excluding diaryl/α,β-unsaturated/α-hetero) is 1. The quantitative estimate of drug-likeness (QED) is 0.456. The summed E-state index contributed by atoms with van der Waals surface area (Å²) in [4.78, 5) is 44.6. The van der Waals surface area contributed by atoms with Gasteiger partial charge in [-0.1, -0.05) is 12.1 Å². The van der Waals surface area contributed by atoms with E-state index in [4.69, 9.17) is 4.98 Å². The molecule has 3 heterocycles. The summed E-state index contributed by atoms with van der Waals surface area (Å²) in [5, 5.41) is 17.0. The number of aromatic nitrogens is 3. The highest BCUT2D eigenvalue weighted by atomic mass is 16.4. The first-order valence-electron chi connectivity index (χ1n) is 13.6. The number of carbonyl (C=O) groups is 3. The molecule has 0 bridgehead atoms. The van der Waals surface area contributed by atoms with Crippen molar-refractivity contribution in [3.05, 3.63) is 65.0 Å². The molecule has 9 nitrogen and oxygen atoms in total. The van der Waals surface area contributed by atoms with Gasteiger partial charge in [-0.2, -0.15) is 5.10 Å². The number of amides is 1. The molecular formula is C30H35N5O4. The summed E-state index contributed by atoms with van der Waals surface area (Å²) in [5.41, 5.74) is 3.79. The lowest BCUT2D eigenvalue weighted by molar-refractivity contribution is 0.0517. The van der Waals surface area contributed by atoms with Gasteiger partial charge in [0.2, 0.25) is 0 Å². The lowest BCUT2D eigenvalue weighted by Crippen LogP contribution is -2.46. The number of carbonyl (C=O) groups excluding carboxylic acids is 2. The van der Waals surface area contributed by atoms with Crippen LogP contribution < -0.4 is 5.32 Å². The lowest BCUT2D eigenvalue weighted by Gasteiger charge is -2.43. The minimum atomic E-state index is -0.982. The molecule has 1 aliphatic carbocycles. The highest BCUT2D eigenvalue weighted by Crippen LogP contribution is 2.44. The number of anilines is 1. The standard InChI is InChI=1S/C30H35N5O4/c1-18(2)32-27-23(9-10-24(33-27)20-5-7-21(8-6-20)29(38)39)28(37)34-13-11-30(12-14-34)15-22-17-31-35(19(3)4)26(22)25(36)16-30/h5-10,17-19H,11-16H2,1-4H3,(H,32,33)(H,38,39). The third-order valence-electron chi connectivity index (χ3n) is 7.82. The number of fused-ring (bicyclic) bond motifs is 1. The molecule has 9 heteroatoms. The fourth-order valence-corrected chi connectivity index (χ4v) is 5.78. The minimum Gasteiger partial charge on any atom is -0.478 e. The van der Waals surface area contributed by atoms with E-state index in [9.17, 15) is 19.5 Å². The predicted octanol–water partition coefficient (Wildman–Crippen LogP) is 5.10. The molecule has 1 fully saturated rings. The van der Waals surface area contributed by atoms with Gasteiger partial charge in [0.15, 0.2) is 5.78 Å². The number of hydrogen-bond acceptors (Lipinski definition) is 6. The Bertz CT molecular complexity index is 1420. The smallest absolute Gasteiger partial charge is 0.335 e. The van der Waals surface area contributed by atoms with Gasteiger partial charge in [0.05, 0.1) is 23.0 Å². The Kier molecular flexibility index (Phi) is 7.01. The van der Waals surface area contributed by atoms with Crippen molar-refractivity contribution in [1.29, 1.82) is 0 Å². The monoisotopic (exact) mass is 529 g/mol. The number of hydrogen-bond donors (Lipinski definition) is 2. The first-order chi connectivity index (χ1) is 18.6. The number of rotatable bonds is 6. The summed E-state index contributed by atoms with van der Waals surface area (Å²) < 4.78 is 1.84. The number of nitrogens with one attached hydrogen (secondary N) is 1. The van der Waals surface area contributed by atoms with E-state index in [1.54, 1.807) is 36.4 Å². The second-order valence-corrected chi connectivity index (χ2v) is 11.4. The second kappa shape index (κ2) is 10.3. The van der Waals surface area contributed by atoms with Gasteiger partial charge in [0.1, 0.15) is 11.5 Å². The van der Waals surface area contributed by atoms with E-state index in [1.807, 2.05) is 43.5 Å². The van der Waals surface area contributed by atoms with Gasteiger partial charge in [0.25, 0.3) is 5.91 Å². The van der Waals surface area contributed by atoms with Crippen LogP contribution in [0.15, 0.2) is 42.6 Å². The molecule has 3 aromatic rings. The number of pyridine rings is 1. The van der Waals surface area contributed by atoms with E-state index in [1.165, 1.54) is 0 Å². The Morgan fingerprint density at radius 2 is 1.69 bits per heavy atom. The molecule has 1 amide bonds. The van der Waals surface area contributed by atoms with Crippen molar-refractivity contribution in [2.24, 2.45) is 5.41 Å². The molecule has 2 aromatic heterocycles. The highest BCUT2D eigenvalue weighted by Gasteiger charge is 2.43. The van der Waals surface area contributed by atoms with Crippen molar-refractivity contribution in [3.63, 3.8) is 0 Å². The average Bonchev–Trinajstić information content (AvgIpc) is 3.33. The van der Waals surface area contributed by atoms with E-state index < -0.39 is 5.97 Å². The predicted molar refractivity (Wildman–Crippen MR) is 148 cm³/mol. The molecule has 1 aliphatic heterocycles. The third kappa shape index (κ3) is 5.17. The van der Waals surface area contributed by atoms with Crippen LogP contribution in [0, 0.1) is 5.41 Å². The number of carboxylic acids is 1. The van der Waals surface area contributed by atoms with Gasteiger partial charge < -0.3 is 15.3 Å². The topological polar surface area (TPSA) is 117 Å². The maximum Gasteiger partial charge on any atom is 0.335 e. The van der Waals surface area contributed by atoms with Gasteiger partial charge in [0, 0.05) is 42.7 Å². The molecular weight excluding hydrogens is 494 g/mol. The van der Waals surface area contributed by atoms with Gasteiger partial charge in [-0.15, -0.1) is 0 Å². The van der Waals surface area contributed by atoms with E-state index >= 15 is 0 Å². The summed E-state index contributed by atoms with van der Waals surface area (Å²) in [5.74, 6) is -0.399. The summed E-state index contributed by atoms with van der Waals surface area (Å²) in [6, 6.07) is 10.3. The fraction of sp³-hybridized carbons (Fsp3) is 0.433. The van der Waals surface area contributed by atoms with Crippen LogP contribution in [-0.2, 0) is 6.42 Å². The van der Waals surface area contributed by atoms with E-state index in [2.05, 4.69) is 10.4 Å². The van der Waals surface area contributed by atoms with Crippen LogP contribution in [0.2, 0.25) is 0 Å². The van der Waals surface area contributed by atoms with Gasteiger partial charge >= 0.3 is 5.97 Å². The molecule has 1 saturated heterocycles. The molecule has 0 unspecified atom stereocenters. The van der Waals surface area contributed by atoms with Gasteiger partial charge in [-0.25, -0.2) is 9.78 Å². The number of aromatic carboxylic acids is 1. The first kappa shape index (κ1) is 26.6. The van der Waals surface area contributed by atoms with Crippen molar-refractivity contribution >= 4 is 23.5 Å². The van der Waals surface area contributed by atoms with Crippen LogP contribution in [0.4, 0.5) is 5.82 Å². The summed E-state index contributed by atoms with van der Waals surface area (Å²) >= 11 is 0. The van der Waals surface area contributed by atoms with Crippen LogP contribution >= 0.6 is 0 Å². The zero-order valence-corrected chi connectivity index (χ0v) is 22.9. The first-order valence-corrected chi connectivity index (χ1v) is 13.6. The highest BCUT2D eigenvalue weighted by molar-refractivity contribution is 6.00. The number of piperidine rings is 1. The molecule has 0 radical (unpaired) electrons. The normalized spacial score (nSPS) is 16.6. The number of likely N-dealkylation sites (tertiary alicyclic amines) is 1. The van der Waals surface area contributed by atoms with E-state index in [-0.39, 0.29) is 34.8 Å². The Morgan fingerprint density at radius 1 is 1.00 bits per heavy atom. The molecule has 1 aromatic carbocycles.